The molecule has 5 heteroatoms. The Hall–Kier alpha value is -2.30. The maximum Gasteiger partial charge on any atom is 0.293 e. The molecule has 0 fully saturated rings. The molecule has 3 rings (SSSR count). The highest BCUT2D eigenvalue weighted by Gasteiger charge is 2.20. The van der Waals surface area contributed by atoms with E-state index in [2.05, 4.69) is 11.1 Å². The number of rotatable bonds is 2. The van der Waals surface area contributed by atoms with Crippen molar-refractivity contribution in [3.63, 3.8) is 0 Å². The molecule has 0 atom stereocenters. The normalized spacial score (nSPS) is 14.2. The first-order valence-corrected chi connectivity index (χ1v) is 6.86. The van der Waals surface area contributed by atoms with Crippen molar-refractivity contribution in [1.29, 1.82) is 0 Å². The monoisotopic (exact) mass is 270 g/mol. The predicted octanol–water partition coefficient (Wildman–Crippen LogP) is 1.41. The van der Waals surface area contributed by atoms with Gasteiger partial charge in [0.25, 0.3) is 5.56 Å². The van der Waals surface area contributed by atoms with Crippen LogP contribution >= 0.6 is 0 Å². The molecule has 2 N–H and O–H groups in total. The quantitative estimate of drug-likeness (QED) is 0.838. The van der Waals surface area contributed by atoms with Gasteiger partial charge in [0.2, 0.25) is 0 Å². The van der Waals surface area contributed by atoms with Crippen molar-refractivity contribution in [2.75, 3.05) is 17.2 Å². The number of fused-ring (bicyclic) bond motifs is 1. The van der Waals surface area contributed by atoms with Crippen LogP contribution < -0.4 is 16.2 Å². The van der Waals surface area contributed by atoms with E-state index in [1.165, 1.54) is 11.1 Å². The van der Waals surface area contributed by atoms with Gasteiger partial charge in [0.1, 0.15) is 0 Å². The second kappa shape index (κ2) is 5.00. The standard InChI is InChI=1S/C15H18N4O/c1-2-18-8-6-17-14(15(18)20)19-7-5-11-3-4-13(16)9-12(11)10-19/h3-4,6,8-9H,2,5,7,10,16H2,1H3. The second-order valence-corrected chi connectivity index (χ2v) is 5.04. The zero-order valence-electron chi connectivity index (χ0n) is 11.5. The summed E-state index contributed by atoms with van der Waals surface area (Å²) in [6.45, 7) is 4.12. The molecule has 2 aromatic rings. The van der Waals surface area contributed by atoms with Crippen LogP contribution in [0, 0.1) is 0 Å². The Bertz CT molecular complexity index is 693. The number of nitrogens with zero attached hydrogens (tertiary/aromatic N) is 3. The number of aryl methyl sites for hydroxylation is 1. The highest BCUT2D eigenvalue weighted by Crippen LogP contribution is 2.23. The van der Waals surface area contributed by atoms with E-state index in [1.54, 1.807) is 17.0 Å². The van der Waals surface area contributed by atoms with Gasteiger partial charge in [0.15, 0.2) is 5.82 Å². The van der Waals surface area contributed by atoms with Gasteiger partial charge in [-0.15, -0.1) is 0 Å². The van der Waals surface area contributed by atoms with Crippen molar-refractivity contribution >= 4 is 11.5 Å². The molecule has 0 saturated heterocycles. The molecule has 0 aliphatic carbocycles. The molecule has 0 radical (unpaired) electrons. The van der Waals surface area contributed by atoms with E-state index in [4.69, 9.17) is 5.73 Å². The Morgan fingerprint density at radius 3 is 3.00 bits per heavy atom. The largest absolute Gasteiger partial charge is 0.399 e. The van der Waals surface area contributed by atoms with Gasteiger partial charge in [-0.3, -0.25) is 4.79 Å². The van der Waals surface area contributed by atoms with E-state index in [0.717, 1.165) is 18.7 Å². The van der Waals surface area contributed by atoms with Crippen molar-refractivity contribution in [1.82, 2.24) is 9.55 Å². The van der Waals surface area contributed by atoms with E-state index in [9.17, 15) is 4.79 Å². The minimum atomic E-state index is -0.0256. The fraction of sp³-hybridized carbons (Fsp3) is 0.333. The summed E-state index contributed by atoms with van der Waals surface area (Å²) in [5, 5.41) is 0. The van der Waals surface area contributed by atoms with E-state index < -0.39 is 0 Å². The predicted molar refractivity (Wildman–Crippen MR) is 79.8 cm³/mol. The van der Waals surface area contributed by atoms with Crippen LogP contribution in [-0.4, -0.2) is 16.1 Å². The van der Waals surface area contributed by atoms with Crippen LogP contribution in [0.4, 0.5) is 11.5 Å². The maximum atomic E-state index is 12.3. The van der Waals surface area contributed by atoms with Crippen LogP contribution in [0.25, 0.3) is 0 Å². The molecule has 1 aromatic heterocycles. The van der Waals surface area contributed by atoms with Crippen LogP contribution in [0.5, 0.6) is 0 Å². The number of benzene rings is 1. The Kier molecular flexibility index (Phi) is 3.18. The first-order chi connectivity index (χ1) is 9.69. The highest BCUT2D eigenvalue weighted by molar-refractivity contribution is 5.49. The first-order valence-electron chi connectivity index (χ1n) is 6.86. The van der Waals surface area contributed by atoms with Crippen molar-refractivity contribution in [3.05, 3.63) is 52.1 Å². The average Bonchev–Trinajstić information content (AvgIpc) is 2.46. The maximum absolute atomic E-state index is 12.3. The van der Waals surface area contributed by atoms with Gasteiger partial charge in [-0.2, -0.15) is 0 Å². The Morgan fingerprint density at radius 2 is 2.20 bits per heavy atom. The molecular formula is C15H18N4O. The lowest BCUT2D eigenvalue weighted by atomic mass is 9.99. The third kappa shape index (κ3) is 2.15. The lowest BCUT2D eigenvalue weighted by molar-refractivity contribution is 0.676. The number of nitrogen functional groups attached to an aromatic ring is 1. The van der Waals surface area contributed by atoms with Crippen LogP contribution in [0.2, 0.25) is 0 Å². The molecular weight excluding hydrogens is 252 g/mol. The van der Waals surface area contributed by atoms with Gasteiger partial charge in [-0.25, -0.2) is 4.98 Å². The molecule has 1 aliphatic heterocycles. The summed E-state index contributed by atoms with van der Waals surface area (Å²) in [6.07, 6.45) is 4.33. The van der Waals surface area contributed by atoms with Crippen molar-refractivity contribution in [2.24, 2.45) is 0 Å². The number of nitrogens with two attached hydrogens (primary N) is 1. The summed E-state index contributed by atoms with van der Waals surface area (Å²) in [6, 6.07) is 5.99. The van der Waals surface area contributed by atoms with Gasteiger partial charge in [-0.05, 0) is 36.6 Å². The molecule has 0 amide bonds. The molecule has 104 valence electrons. The minimum Gasteiger partial charge on any atom is -0.399 e. The van der Waals surface area contributed by atoms with Gasteiger partial charge in [0.05, 0.1) is 0 Å². The first kappa shape index (κ1) is 12.7. The molecule has 0 bridgehead atoms. The summed E-state index contributed by atoms with van der Waals surface area (Å²) in [5.74, 6) is 0.530. The summed E-state index contributed by atoms with van der Waals surface area (Å²) in [4.78, 5) is 18.6. The van der Waals surface area contributed by atoms with Crippen molar-refractivity contribution in [2.45, 2.75) is 26.4 Å². The zero-order valence-corrected chi connectivity index (χ0v) is 11.5. The van der Waals surface area contributed by atoms with Crippen LogP contribution in [-0.2, 0) is 19.5 Å². The molecule has 1 aromatic carbocycles. The molecule has 1 aliphatic rings. The van der Waals surface area contributed by atoms with Crippen LogP contribution in [0.15, 0.2) is 35.4 Å². The highest BCUT2D eigenvalue weighted by atomic mass is 16.1. The smallest absolute Gasteiger partial charge is 0.293 e. The number of aromatic nitrogens is 2. The molecule has 20 heavy (non-hydrogen) atoms. The van der Waals surface area contributed by atoms with Gasteiger partial charge in [0, 0.05) is 37.7 Å². The van der Waals surface area contributed by atoms with E-state index >= 15 is 0 Å². The Labute approximate surface area is 117 Å². The second-order valence-electron chi connectivity index (χ2n) is 5.04. The fourth-order valence-electron chi connectivity index (χ4n) is 2.66. The third-order valence-corrected chi connectivity index (χ3v) is 3.78. The van der Waals surface area contributed by atoms with Crippen LogP contribution in [0.3, 0.4) is 0 Å². The molecule has 2 heterocycles. The van der Waals surface area contributed by atoms with Crippen molar-refractivity contribution in [3.8, 4) is 0 Å². The van der Waals surface area contributed by atoms with Crippen molar-refractivity contribution < 1.29 is 0 Å². The Morgan fingerprint density at radius 1 is 1.35 bits per heavy atom. The van der Waals surface area contributed by atoms with E-state index in [-0.39, 0.29) is 5.56 Å². The third-order valence-electron chi connectivity index (χ3n) is 3.78. The number of hydrogen-bond donors (Lipinski definition) is 1. The summed E-state index contributed by atoms with van der Waals surface area (Å²) in [5.41, 5.74) is 9.07. The van der Waals surface area contributed by atoms with Gasteiger partial charge < -0.3 is 15.2 Å². The zero-order chi connectivity index (χ0) is 14.1. The molecule has 0 unspecified atom stereocenters. The summed E-state index contributed by atoms with van der Waals surface area (Å²) >= 11 is 0. The minimum absolute atomic E-state index is 0.0256. The van der Waals surface area contributed by atoms with Gasteiger partial charge in [-0.1, -0.05) is 6.07 Å². The average molecular weight is 270 g/mol. The Balaban J connectivity index is 1.96. The molecule has 0 spiro atoms. The van der Waals surface area contributed by atoms with Gasteiger partial charge >= 0.3 is 0 Å². The lowest BCUT2D eigenvalue weighted by Gasteiger charge is -2.29. The summed E-state index contributed by atoms with van der Waals surface area (Å²) < 4.78 is 1.68. The van der Waals surface area contributed by atoms with E-state index in [1.807, 2.05) is 24.0 Å². The molecule has 5 nitrogen and oxygen atoms in total. The fourth-order valence-corrected chi connectivity index (χ4v) is 2.66. The molecule has 0 saturated carbocycles. The lowest BCUT2D eigenvalue weighted by Crippen LogP contribution is -2.37. The number of hydrogen-bond acceptors (Lipinski definition) is 4. The van der Waals surface area contributed by atoms with E-state index in [0.29, 0.717) is 18.9 Å². The SMILES string of the molecule is CCn1ccnc(N2CCc3ccc(N)cc3C2)c1=O. The van der Waals surface area contributed by atoms with Crippen LogP contribution in [0.1, 0.15) is 18.1 Å². The number of anilines is 2. The summed E-state index contributed by atoms with van der Waals surface area (Å²) in [7, 11) is 0. The topological polar surface area (TPSA) is 64.2 Å².